The van der Waals surface area contributed by atoms with E-state index in [0.717, 1.165) is 5.90 Å². The van der Waals surface area contributed by atoms with Gasteiger partial charge < -0.3 is 4.74 Å². The standard InChI is InChI=1S/C25H28NO/c1-16-11-17(2)13-20(12-16)23-21-10-8-7-9-19(21)14-18(3)22(23)24-26(6)25(4,5)15-27-24/h7-14H,15H2,1-6H3/q+1. The number of aryl methyl sites for hydroxylation is 3. The van der Waals surface area contributed by atoms with Crippen molar-refractivity contribution in [3.05, 3.63) is 70.8 Å². The van der Waals surface area contributed by atoms with Crippen molar-refractivity contribution < 1.29 is 9.31 Å². The quantitative estimate of drug-likeness (QED) is 0.541. The highest BCUT2D eigenvalue weighted by molar-refractivity contribution is 6.10. The molecule has 0 saturated carbocycles. The molecule has 0 aromatic heterocycles. The molecule has 0 radical (unpaired) electrons. The first-order valence-corrected chi connectivity index (χ1v) is 9.63. The summed E-state index contributed by atoms with van der Waals surface area (Å²) in [6, 6.07) is 17.8. The van der Waals surface area contributed by atoms with Gasteiger partial charge in [-0.2, -0.15) is 4.58 Å². The van der Waals surface area contributed by atoms with E-state index in [4.69, 9.17) is 4.74 Å². The van der Waals surface area contributed by atoms with Gasteiger partial charge in [0.15, 0.2) is 12.1 Å². The minimum Gasteiger partial charge on any atom is -0.437 e. The molecule has 2 nitrogen and oxygen atoms in total. The number of hydrogen-bond donors (Lipinski definition) is 0. The third-order valence-electron chi connectivity index (χ3n) is 5.75. The zero-order valence-electron chi connectivity index (χ0n) is 17.2. The van der Waals surface area contributed by atoms with Gasteiger partial charge in [0, 0.05) is 19.4 Å². The number of fused-ring (bicyclic) bond motifs is 1. The van der Waals surface area contributed by atoms with Crippen LogP contribution in [0, 0.1) is 20.8 Å². The smallest absolute Gasteiger partial charge is 0.371 e. The molecule has 1 aliphatic heterocycles. The normalized spacial score (nSPS) is 16.1. The van der Waals surface area contributed by atoms with Crippen LogP contribution in [0.15, 0.2) is 48.5 Å². The predicted molar refractivity (Wildman–Crippen MR) is 114 cm³/mol. The lowest BCUT2D eigenvalue weighted by Gasteiger charge is -2.16. The first-order chi connectivity index (χ1) is 12.8. The molecule has 2 heteroatoms. The Morgan fingerprint density at radius 1 is 0.889 bits per heavy atom. The van der Waals surface area contributed by atoms with Crippen molar-refractivity contribution in [1.29, 1.82) is 0 Å². The van der Waals surface area contributed by atoms with Crippen molar-refractivity contribution >= 4 is 16.7 Å². The molecule has 3 aromatic rings. The van der Waals surface area contributed by atoms with Crippen molar-refractivity contribution in [2.45, 2.75) is 40.2 Å². The lowest BCUT2D eigenvalue weighted by Crippen LogP contribution is -2.33. The van der Waals surface area contributed by atoms with Gasteiger partial charge in [0.1, 0.15) is 7.05 Å². The Morgan fingerprint density at radius 3 is 2.19 bits per heavy atom. The maximum Gasteiger partial charge on any atom is 0.371 e. The molecule has 0 amide bonds. The second-order valence-corrected chi connectivity index (χ2v) is 8.51. The summed E-state index contributed by atoms with van der Waals surface area (Å²) in [7, 11) is 2.14. The Hall–Kier alpha value is -2.61. The molecule has 0 atom stereocenters. The summed E-state index contributed by atoms with van der Waals surface area (Å²) in [5, 5.41) is 2.55. The lowest BCUT2D eigenvalue weighted by atomic mass is 9.88. The molecule has 0 aliphatic carbocycles. The molecule has 0 saturated heterocycles. The van der Waals surface area contributed by atoms with Gasteiger partial charge in [-0.15, -0.1) is 0 Å². The summed E-state index contributed by atoms with van der Waals surface area (Å²) >= 11 is 0. The predicted octanol–water partition coefficient (Wildman–Crippen LogP) is 5.63. The summed E-state index contributed by atoms with van der Waals surface area (Å²) in [5.74, 6) is 0.984. The molecule has 1 aliphatic rings. The number of likely N-dealkylation sites (N-methyl/N-ethyl adjacent to an activating group) is 1. The summed E-state index contributed by atoms with van der Waals surface area (Å²) in [5.41, 5.74) is 7.57. The first kappa shape index (κ1) is 17.8. The third kappa shape index (κ3) is 2.93. The van der Waals surface area contributed by atoms with Gasteiger partial charge in [0.2, 0.25) is 0 Å². The van der Waals surface area contributed by atoms with Crippen LogP contribution >= 0.6 is 0 Å². The SMILES string of the molecule is Cc1cc(C)cc(-c2c(C3=[N+](C)C(C)(C)CO3)c(C)cc3ccccc23)c1. The average Bonchev–Trinajstić information content (AvgIpc) is 2.86. The fourth-order valence-corrected chi connectivity index (χ4v) is 4.14. The van der Waals surface area contributed by atoms with Crippen LogP contribution in [0.2, 0.25) is 0 Å². The third-order valence-corrected chi connectivity index (χ3v) is 5.75. The second-order valence-electron chi connectivity index (χ2n) is 8.51. The van der Waals surface area contributed by atoms with E-state index in [1.54, 1.807) is 0 Å². The molecule has 0 N–H and O–H groups in total. The number of hydrogen-bond acceptors (Lipinski definition) is 1. The van der Waals surface area contributed by atoms with Crippen LogP contribution in [0.3, 0.4) is 0 Å². The minimum absolute atomic E-state index is 0.00674. The molecule has 138 valence electrons. The van der Waals surface area contributed by atoms with Gasteiger partial charge >= 0.3 is 5.90 Å². The number of rotatable bonds is 2. The average molecular weight is 359 g/mol. The molecule has 0 spiro atoms. The van der Waals surface area contributed by atoms with Crippen molar-refractivity contribution in [2.75, 3.05) is 13.7 Å². The first-order valence-electron chi connectivity index (χ1n) is 9.63. The van der Waals surface area contributed by atoms with E-state index < -0.39 is 0 Å². The van der Waals surface area contributed by atoms with Crippen molar-refractivity contribution in [1.82, 2.24) is 0 Å². The van der Waals surface area contributed by atoms with Gasteiger partial charge in [-0.25, -0.2) is 0 Å². The van der Waals surface area contributed by atoms with E-state index in [-0.39, 0.29) is 5.54 Å². The maximum atomic E-state index is 6.26. The van der Waals surface area contributed by atoms with Crippen molar-refractivity contribution in [3.8, 4) is 11.1 Å². The number of nitrogens with zero attached hydrogens (tertiary/aromatic N) is 1. The van der Waals surface area contributed by atoms with Gasteiger partial charge in [-0.3, -0.25) is 0 Å². The largest absolute Gasteiger partial charge is 0.437 e. The van der Waals surface area contributed by atoms with E-state index >= 15 is 0 Å². The number of ether oxygens (including phenoxy) is 1. The van der Waals surface area contributed by atoms with Gasteiger partial charge in [-0.1, -0.05) is 59.7 Å². The Labute approximate surface area is 162 Å². The lowest BCUT2D eigenvalue weighted by molar-refractivity contribution is -0.562. The monoisotopic (exact) mass is 358 g/mol. The van der Waals surface area contributed by atoms with Gasteiger partial charge in [-0.05, 0) is 42.7 Å². The Kier molecular flexibility index (Phi) is 4.10. The van der Waals surface area contributed by atoms with Crippen LogP contribution in [0.4, 0.5) is 0 Å². The maximum absolute atomic E-state index is 6.26. The highest BCUT2D eigenvalue weighted by atomic mass is 16.5. The molecule has 0 unspecified atom stereocenters. The number of benzene rings is 3. The van der Waals surface area contributed by atoms with Crippen LogP contribution in [0.5, 0.6) is 0 Å². The molecule has 0 fully saturated rings. The van der Waals surface area contributed by atoms with Crippen LogP contribution in [-0.2, 0) is 4.74 Å². The highest BCUT2D eigenvalue weighted by Gasteiger charge is 2.41. The summed E-state index contributed by atoms with van der Waals surface area (Å²) < 4.78 is 8.55. The van der Waals surface area contributed by atoms with Crippen LogP contribution in [-0.4, -0.2) is 29.7 Å². The van der Waals surface area contributed by atoms with E-state index in [2.05, 4.69) is 94.8 Å². The van der Waals surface area contributed by atoms with Crippen LogP contribution in [0.25, 0.3) is 21.9 Å². The Morgan fingerprint density at radius 2 is 1.56 bits per heavy atom. The van der Waals surface area contributed by atoms with Crippen molar-refractivity contribution in [2.24, 2.45) is 0 Å². The summed E-state index contributed by atoms with van der Waals surface area (Å²) in [4.78, 5) is 0. The van der Waals surface area contributed by atoms with Crippen LogP contribution < -0.4 is 0 Å². The zero-order chi connectivity index (χ0) is 19.3. The molecular weight excluding hydrogens is 330 g/mol. The Balaban J connectivity index is 2.14. The molecule has 4 rings (SSSR count). The van der Waals surface area contributed by atoms with E-state index in [1.165, 1.54) is 44.2 Å². The topological polar surface area (TPSA) is 12.2 Å². The summed E-state index contributed by atoms with van der Waals surface area (Å²) in [6.07, 6.45) is 0. The molecular formula is C25H28NO+. The fourth-order valence-electron chi connectivity index (χ4n) is 4.14. The van der Waals surface area contributed by atoms with Crippen molar-refractivity contribution in [3.63, 3.8) is 0 Å². The van der Waals surface area contributed by atoms with E-state index in [0.29, 0.717) is 6.61 Å². The molecule has 1 heterocycles. The van der Waals surface area contributed by atoms with Crippen LogP contribution in [0.1, 0.15) is 36.1 Å². The van der Waals surface area contributed by atoms with Gasteiger partial charge in [0.05, 0.1) is 5.56 Å². The highest BCUT2D eigenvalue weighted by Crippen LogP contribution is 2.37. The van der Waals surface area contributed by atoms with Gasteiger partial charge in [0.25, 0.3) is 0 Å². The molecule has 27 heavy (non-hydrogen) atoms. The molecule has 3 aromatic carbocycles. The van der Waals surface area contributed by atoms with E-state index in [9.17, 15) is 0 Å². The second kappa shape index (κ2) is 6.23. The summed E-state index contributed by atoms with van der Waals surface area (Å²) in [6.45, 7) is 11.7. The fraction of sp³-hybridized carbons (Fsp3) is 0.320. The Bertz CT molecular complexity index is 1070. The molecule has 0 bridgehead atoms. The van der Waals surface area contributed by atoms with E-state index in [1.807, 2.05) is 0 Å². The zero-order valence-corrected chi connectivity index (χ0v) is 17.2. The minimum atomic E-state index is -0.00674.